The number of rotatable bonds is 4. The number of anilines is 1. The minimum atomic E-state index is -0.146. The predicted octanol–water partition coefficient (Wildman–Crippen LogP) is 5.47. The van der Waals surface area contributed by atoms with Gasteiger partial charge in [0.2, 0.25) is 0 Å². The largest absolute Gasteiger partial charge is 0.321 e. The lowest BCUT2D eigenvalue weighted by molar-refractivity contribution is 0.102. The fraction of sp³-hybridized carbons (Fsp3) is 0.240. The average Bonchev–Trinajstić information content (AvgIpc) is 3.06. The van der Waals surface area contributed by atoms with Gasteiger partial charge >= 0.3 is 0 Å². The molecule has 0 aliphatic rings. The molecule has 4 aromatic rings. The number of aryl methyl sites for hydroxylation is 5. The van der Waals surface area contributed by atoms with Crippen LogP contribution >= 0.6 is 0 Å². The Hall–Kier alpha value is -3.47. The molecule has 2 aromatic carbocycles. The number of hydrogen-bond acceptors (Lipinski definition) is 3. The standard InChI is InChI=1S/C25H26N4O/c1-6-19-10-12-20(13-11-19)29-24-22(18(5)28-29)21(14-17(4)26-24)25(30)27-23-15(2)8-7-9-16(23)3/h7-14H,6H2,1-5H3,(H,27,30). The highest BCUT2D eigenvalue weighted by Crippen LogP contribution is 2.27. The SMILES string of the molecule is CCc1ccc(-n2nc(C)c3c(C(=O)Nc4c(C)cccc4C)cc(C)nc32)cc1. The molecule has 0 fully saturated rings. The smallest absolute Gasteiger partial charge is 0.256 e. The maximum absolute atomic E-state index is 13.3. The Morgan fingerprint density at radius 2 is 1.67 bits per heavy atom. The molecule has 0 radical (unpaired) electrons. The molecule has 5 nitrogen and oxygen atoms in total. The maximum atomic E-state index is 13.3. The van der Waals surface area contributed by atoms with Gasteiger partial charge in [0.15, 0.2) is 5.65 Å². The highest BCUT2D eigenvalue weighted by atomic mass is 16.1. The molecule has 0 saturated carbocycles. The van der Waals surface area contributed by atoms with Gasteiger partial charge in [0.1, 0.15) is 0 Å². The van der Waals surface area contributed by atoms with Crippen molar-refractivity contribution in [2.24, 2.45) is 0 Å². The van der Waals surface area contributed by atoms with E-state index in [0.717, 1.165) is 45.7 Å². The summed E-state index contributed by atoms with van der Waals surface area (Å²) in [5.74, 6) is -0.146. The quantitative estimate of drug-likeness (QED) is 0.496. The summed E-state index contributed by atoms with van der Waals surface area (Å²) < 4.78 is 1.83. The van der Waals surface area contributed by atoms with E-state index in [9.17, 15) is 4.79 Å². The van der Waals surface area contributed by atoms with Crippen molar-refractivity contribution < 1.29 is 4.79 Å². The van der Waals surface area contributed by atoms with E-state index in [2.05, 4.69) is 24.4 Å². The highest BCUT2D eigenvalue weighted by molar-refractivity contribution is 6.13. The fourth-order valence-corrected chi connectivity index (χ4v) is 3.84. The summed E-state index contributed by atoms with van der Waals surface area (Å²) >= 11 is 0. The van der Waals surface area contributed by atoms with Crippen LogP contribution in [0.3, 0.4) is 0 Å². The first kappa shape index (κ1) is 19.8. The fourth-order valence-electron chi connectivity index (χ4n) is 3.84. The number of nitrogens with zero attached hydrogens (tertiary/aromatic N) is 3. The predicted molar refractivity (Wildman–Crippen MR) is 122 cm³/mol. The van der Waals surface area contributed by atoms with Crippen LogP contribution in [-0.4, -0.2) is 20.7 Å². The van der Waals surface area contributed by atoms with Gasteiger partial charge in [-0.15, -0.1) is 0 Å². The molecule has 0 spiro atoms. The molecule has 1 amide bonds. The van der Waals surface area contributed by atoms with Gasteiger partial charge in [-0.1, -0.05) is 37.3 Å². The van der Waals surface area contributed by atoms with Crippen molar-refractivity contribution >= 4 is 22.6 Å². The summed E-state index contributed by atoms with van der Waals surface area (Å²) in [7, 11) is 0. The zero-order valence-electron chi connectivity index (χ0n) is 18.1. The molecule has 5 heteroatoms. The molecular weight excluding hydrogens is 372 g/mol. The van der Waals surface area contributed by atoms with E-state index in [0.29, 0.717) is 11.2 Å². The second-order valence-corrected chi connectivity index (χ2v) is 7.75. The second-order valence-electron chi connectivity index (χ2n) is 7.75. The summed E-state index contributed by atoms with van der Waals surface area (Å²) in [6.45, 7) is 9.96. The van der Waals surface area contributed by atoms with Crippen LogP contribution in [0, 0.1) is 27.7 Å². The third-order valence-electron chi connectivity index (χ3n) is 5.49. The van der Waals surface area contributed by atoms with Crippen molar-refractivity contribution in [3.8, 4) is 5.69 Å². The first-order chi connectivity index (χ1) is 14.4. The van der Waals surface area contributed by atoms with Crippen molar-refractivity contribution in [1.29, 1.82) is 0 Å². The van der Waals surface area contributed by atoms with Gasteiger partial charge in [0.25, 0.3) is 5.91 Å². The number of carbonyl (C=O) groups is 1. The topological polar surface area (TPSA) is 59.8 Å². The first-order valence-electron chi connectivity index (χ1n) is 10.2. The van der Waals surface area contributed by atoms with Crippen molar-refractivity contribution in [2.45, 2.75) is 41.0 Å². The molecule has 0 saturated heterocycles. The zero-order valence-corrected chi connectivity index (χ0v) is 18.1. The molecular formula is C25H26N4O. The van der Waals surface area contributed by atoms with Crippen LogP contribution in [0.15, 0.2) is 48.5 Å². The minimum absolute atomic E-state index is 0.146. The molecule has 2 aromatic heterocycles. The van der Waals surface area contributed by atoms with E-state index in [1.807, 2.05) is 68.8 Å². The molecule has 2 heterocycles. The third kappa shape index (κ3) is 3.47. The average molecular weight is 399 g/mol. The van der Waals surface area contributed by atoms with Gasteiger partial charge in [0.05, 0.1) is 22.3 Å². The van der Waals surface area contributed by atoms with E-state index < -0.39 is 0 Å². The lowest BCUT2D eigenvalue weighted by atomic mass is 10.1. The maximum Gasteiger partial charge on any atom is 0.256 e. The molecule has 4 rings (SSSR count). The van der Waals surface area contributed by atoms with Crippen molar-refractivity contribution in [1.82, 2.24) is 14.8 Å². The van der Waals surface area contributed by atoms with Crippen molar-refractivity contribution in [3.05, 3.63) is 82.2 Å². The Morgan fingerprint density at radius 3 is 2.30 bits per heavy atom. The Kier molecular flexibility index (Phi) is 5.12. The monoisotopic (exact) mass is 398 g/mol. The van der Waals surface area contributed by atoms with Gasteiger partial charge in [0, 0.05) is 11.4 Å². The molecule has 0 bridgehead atoms. The highest BCUT2D eigenvalue weighted by Gasteiger charge is 2.20. The van der Waals surface area contributed by atoms with Gasteiger partial charge in [-0.05, 0) is 69.0 Å². The molecule has 30 heavy (non-hydrogen) atoms. The normalized spacial score (nSPS) is 11.1. The lowest BCUT2D eigenvalue weighted by Crippen LogP contribution is -2.15. The van der Waals surface area contributed by atoms with Crippen LogP contribution in [0.5, 0.6) is 0 Å². The number of pyridine rings is 1. The van der Waals surface area contributed by atoms with Crippen LogP contribution < -0.4 is 5.32 Å². The zero-order chi connectivity index (χ0) is 21.4. The first-order valence-corrected chi connectivity index (χ1v) is 10.2. The van der Waals surface area contributed by atoms with E-state index in [1.54, 1.807) is 0 Å². The number of amides is 1. The molecule has 152 valence electrons. The van der Waals surface area contributed by atoms with Crippen LogP contribution in [-0.2, 0) is 6.42 Å². The van der Waals surface area contributed by atoms with E-state index >= 15 is 0 Å². The molecule has 0 aliphatic carbocycles. The third-order valence-corrected chi connectivity index (χ3v) is 5.49. The van der Waals surface area contributed by atoms with Crippen LogP contribution in [0.25, 0.3) is 16.7 Å². The van der Waals surface area contributed by atoms with Crippen LogP contribution in [0.2, 0.25) is 0 Å². The summed E-state index contributed by atoms with van der Waals surface area (Å²) in [5.41, 5.74) is 7.98. The molecule has 0 aliphatic heterocycles. The number of aromatic nitrogens is 3. The molecule has 0 atom stereocenters. The Morgan fingerprint density at radius 1 is 1.00 bits per heavy atom. The Balaban J connectivity index is 1.83. The lowest BCUT2D eigenvalue weighted by Gasteiger charge is -2.12. The van der Waals surface area contributed by atoms with E-state index in [4.69, 9.17) is 10.1 Å². The number of nitrogens with one attached hydrogen (secondary N) is 1. The second kappa shape index (κ2) is 7.75. The van der Waals surface area contributed by atoms with Crippen molar-refractivity contribution in [3.63, 3.8) is 0 Å². The Bertz CT molecular complexity index is 1230. The summed E-state index contributed by atoms with van der Waals surface area (Å²) in [6, 6.07) is 16.1. The summed E-state index contributed by atoms with van der Waals surface area (Å²) in [6.07, 6.45) is 0.985. The minimum Gasteiger partial charge on any atom is -0.321 e. The van der Waals surface area contributed by atoms with Crippen LogP contribution in [0.1, 0.15) is 45.4 Å². The molecule has 0 unspecified atom stereocenters. The number of carbonyl (C=O) groups excluding carboxylic acids is 1. The molecule has 1 N–H and O–H groups in total. The van der Waals surface area contributed by atoms with E-state index in [-0.39, 0.29) is 5.91 Å². The summed E-state index contributed by atoms with van der Waals surface area (Å²) in [5, 5.41) is 8.60. The summed E-state index contributed by atoms with van der Waals surface area (Å²) in [4.78, 5) is 18.0. The van der Waals surface area contributed by atoms with E-state index in [1.165, 1.54) is 5.56 Å². The van der Waals surface area contributed by atoms with Crippen LogP contribution in [0.4, 0.5) is 5.69 Å². The number of hydrogen-bond donors (Lipinski definition) is 1. The number of fused-ring (bicyclic) bond motifs is 1. The van der Waals surface area contributed by atoms with Gasteiger partial charge < -0.3 is 5.32 Å². The van der Waals surface area contributed by atoms with Gasteiger partial charge in [-0.3, -0.25) is 4.79 Å². The van der Waals surface area contributed by atoms with Crippen molar-refractivity contribution in [2.75, 3.05) is 5.32 Å². The van der Waals surface area contributed by atoms with Gasteiger partial charge in [-0.2, -0.15) is 5.10 Å². The van der Waals surface area contributed by atoms with Gasteiger partial charge in [-0.25, -0.2) is 9.67 Å². The number of para-hydroxylation sites is 1. The Labute approximate surface area is 176 Å². The number of benzene rings is 2.